The minimum atomic E-state index is -0.512. The van der Waals surface area contributed by atoms with Gasteiger partial charge < -0.3 is 15.4 Å². The van der Waals surface area contributed by atoms with Gasteiger partial charge in [-0.2, -0.15) is 0 Å². The van der Waals surface area contributed by atoms with Crippen molar-refractivity contribution in [1.82, 2.24) is 5.32 Å². The van der Waals surface area contributed by atoms with Crippen molar-refractivity contribution in [1.29, 1.82) is 0 Å². The van der Waals surface area contributed by atoms with Crippen molar-refractivity contribution in [2.24, 2.45) is 0 Å². The van der Waals surface area contributed by atoms with Crippen LogP contribution in [-0.4, -0.2) is 29.9 Å². The molecule has 2 amide bonds. The second-order valence-corrected chi connectivity index (χ2v) is 6.54. The SMILES string of the molecule is Cc1cc(C)c(NC(=O)CNC(=O)COc2cccc([N+](=O)[O-])c2C)c(C)c1. The third kappa shape index (κ3) is 5.29. The van der Waals surface area contributed by atoms with Gasteiger partial charge in [0.1, 0.15) is 5.75 Å². The lowest BCUT2D eigenvalue weighted by Crippen LogP contribution is -2.36. The quantitative estimate of drug-likeness (QED) is 0.562. The predicted octanol–water partition coefficient (Wildman–Crippen LogP) is 2.96. The Balaban J connectivity index is 1.87. The van der Waals surface area contributed by atoms with E-state index in [-0.39, 0.29) is 30.5 Å². The van der Waals surface area contributed by atoms with Crippen molar-refractivity contribution in [2.75, 3.05) is 18.5 Å². The zero-order chi connectivity index (χ0) is 20.8. The second-order valence-electron chi connectivity index (χ2n) is 6.54. The Kier molecular flexibility index (Phi) is 6.70. The molecule has 2 rings (SSSR count). The molecule has 0 bridgehead atoms. The molecule has 0 fully saturated rings. The maximum atomic E-state index is 12.1. The molecule has 0 unspecified atom stereocenters. The highest BCUT2D eigenvalue weighted by molar-refractivity contribution is 5.95. The summed E-state index contributed by atoms with van der Waals surface area (Å²) in [7, 11) is 0. The van der Waals surface area contributed by atoms with E-state index in [4.69, 9.17) is 4.74 Å². The lowest BCUT2D eigenvalue weighted by atomic mass is 10.1. The van der Waals surface area contributed by atoms with Gasteiger partial charge in [0.15, 0.2) is 6.61 Å². The van der Waals surface area contributed by atoms with Crippen molar-refractivity contribution < 1.29 is 19.2 Å². The van der Waals surface area contributed by atoms with Crippen LogP contribution in [0, 0.1) is 37.8 Å². The molecule has 0 aliphatic heterocycles. The summed E-state index contributed by atoms with van der Waals surface area (Å²) < 4.78 is 5.34. The fourth-order valence-electron chi connectivity index (χ4n) is 2.89. The molecule has 8 nitrogen and oxygen atoms in total. The zero-order valence-electron chi connectivity index (χ0n) is 16.3. The van der Waals surface area contributed by atoms with Gasteiger partial charge in [0.05, 0.1) is 17.0 Å². The van der Waals surface area contributed by atoms with Gasteiger partial charge in [-0.15, -0.1) is 0 Å². The third-order valence-corrected chi connectivity index (χ3v) is 4.20. The molecule has 8 heteroatoms. The average molecular weight is 385 g/mol. The highest BCUT2D eigenvalue weighted by atomic mass is 16.6. The summed E-state index contributed by atoms with van der Waals surface area (Å²) in [4.78, 5) is 34.5. The van der Waals surface area contributed by atoms with Crippen LogP contribution in [0.15, 0.2) is 30.3 Å². The minimum absolute atomic E-state index is 0.0823. The van der Waals surface area contributed by atoms with Gasteiger partial charge in [0, 0.05) is 11.8 Å². The molecule has 2 aromatic rings. The molecule has 0 atom stereocenters. The number of nitro benzene ring substituents is 1. The summed E-state index contributed by atoms with van der Waals surface area (Å²) in [5.41, 5.74) is 3.98. The number of nitrogens with zero attached hydrogens (tertiary/aromatic N) is 1. The maximum absolute atomic E-state index is 12.1. The Morgan fingerprint density at radius 1 is 1.07 bits per heavy atom. The van der Waals surface area contributed by atoms with E-state index in [0.717, 1.165) is 22.4 Å². The maximum Gasteiger partial charge on any atom is 0.276 e. The van der Waals surface area contributed by atoms with Crippen LogP contribution in [0.1, 0.15) is 22.3 Å². The number of rotatable bonds is 7. The van der Waals surface area contributed by atoms with Gasteiger partial charge in [-0.3, -0.25) is 19.7 Å². The topological polar surface area (TPSA) is 111 Å². The molecule has 2 aromatic carbocycles. The van der Waals surface area contributed by atoms with E-state index in [1.54, 1.807) is 13.0 Å². The molecule has 0 aliphatic carbocycles. The average Bonchev–Trinajstić information content (AvgIpc) is 2.61. The Labute approximate surface area is 163 Å². The summed E-state index contributed by atoms with van der Waals surface area (Å²) in [5.74, 6) is -0.604. The third-order valence-electron chi connectivity index (χ3n) is 4.20. The van der Waals surface area contributed by atoms with Gasteiger partial charge in [0.25, 0.3) is 11.6 Å². The number of amides is 2. The monoisotopic (exact) mass is 385 g/mol. The Bertz CT molecular complexity index is 901. The van der Waals surface area contributed by atoms with Crippen molar-refractivity contribution in [2.45, 2.75) is 27.7 Å². The summed E-state index contributed by atoms with van der Waals surface area (Å²) in [6.07, 6.45) is 0. The van der Waals surface area contributed by atoms with E-state index in [2.05, 4.69) is 10.6 Å². The molecule has 0 radical (unpaired) electrons. The number of nitro groups is 1. The minimum Gasteiger partial charge on any atom is -0.483 e. The van der Waals surface area contributed by atoms with Crippen LogP contribution in [0.25, 0.3) is 0 Å². The van der Waals surface area contributed by atoms with Gasteiger partial charge in [-0.05, 0) is 44.9 Å². The van der Waals surface area contributed by atoms with Gasteiger partial charge >= 0.3 is 0 Å². The number of hydrogen-bond acceptors (Lipinski definition) is 5. The van der Waals surface area contributed by atoms with Crippen molar-refractivity contribution in [3.05, 3.63) is 62.7 Å². The highest BCUT2D eigenvalue weighted by Crippen LogP contribution is 2.26. The molecule has 0 spiro atoms. The van der Waals surface area contributed by atoms with E-state index < -0.39 is 10.8 Å². The standard InChI is InChI=1S/C20H23N3O5/c1-12-8-13(2)20(14(3)9-12)22-18(24)10-21-19(25)11-28-17-7-5-6-16(15(17)4)23(26)27/h5-9H,10-11H2,1-4H3,(H,21,25)(H,22,24). The first-order valence-electron chi connectivity index (χ1n) is 8.70. The fraction of sp³-hybridized carbons (Fsp3) is 0.300. The van der Waals surface area contributed by atoms with Crippen LogP contribution in [0.3, 0.4) is 0 Å². The summed E-state index contributed by atoms with van der Waals surface area (Å²) in [6, 6.07) is 8.33. The van der Waals surface area contributed by atoms with Crippen molar-refractivity contribution >= 4 is 23.2 Å². The molecule has 0 aromatic heterocycles. The number of anilines is 1. The number of aryl methyl sites for hydroxylation is 3. The Morgan fingerprint density at radius 2 is 1.71 bits per heavy atom. The van der Waals surface area contributed by atoms with Crippen LogP contribution < -0.4 is 15.4 Å². The molecular weight excluding hydrogens is 362 g/mol. The summed E-state index contributed by atoms with van der Waals surface area (Å²) in [5, 5.41) is 16.2. The number of nitrogens with one attached hydrogen (secondary N) is 2. The molecule has 0 saturated carbocycles. The van der Waals surface area contributed by atoms with Crippen molar-refractivity contribution in [3.63, 3.8) is 0 Å². The van der Waals surface area contributed by atoms with E-state index in [1.165, 1.54) is 12.1 Å². The van der Waals surface area contributed by atoms with Crippen LogP contribution in [0.4, 0.5) is 11.4 Å². The summed E-state index contributed by atoms with van der Waals surface area (Å²) in [6.45, 7) is 6.79. The summed E-state index contributed by atoms with van der Waals surface area (Å²) >= 11 is 0. The van der Waals surface area contributed by atoms with E-state index in [1.807, 2.05) is 32.9 Å². The number of carbonyl (C=O) groups excluding carboxylic acids is 2. The molecular formula is C20H23N3O5. The Hall–Kier alpha value is -3.42. The van der Waals surface area contributed by atoms with Crippen molar-refractivity contribution in [3.8, 4) is 5.75 Å². The first-order chi connectivity index (χ1) is 13.2. The molecule has 28 heavy (non-hydrogen) atoms. The lowest BCUT2D eigenvalue weighted by molar-refractivity contribution is -0.385. The largest absolute Gasteiger partial charge is 0.483 e. The normalized spacial score (nSPS) is 10.3. The number of carbonyl (C=O) groups is 2. The van der Waals surface area contributed by atoms with Crippen LogP contribution in [0.5, 0.6) is 5.75 Å². The Morgan fingerprint density at radius 3 is 2.32 bits per heavy atom. The molecule has 2 N–H and O–H groups in total. The predicted molar refractivity (Wildman–Crippen MR) is 106 cm³/mol. The zero-order valence-corrected chi connectivity index (χ0v) is 16.3. The van der Waals surface area contributed by atoms with Crippen LogP contribution in [-0.2, 0) is 9.59 Å². The molecule has 0 aliphatic rings. The smallest absolute Gasteiger partial charge is 0.276 e. The molecule has 0 heterocycles. The fourth-order valence-corrected chi connectivity index (χ4v) is 2.89. The van der Waals surface area contributed by atoms with Gasteiger partial charge in [0.2, 0.25) is 5.91 Å². The number of ether oxygens (including phenoxy) is 1. The van der Waals surface area contributed by atoms with Crippen LogP contribution in [0.2, 0.25) is 0 Å². The van der Waals surface area contributed by atoms with Gasteiger partial charge in [-0.1, -0.05) is 23.8 Å². The highest BCUT2D eigenvalue weighted by Gasteiger charge is 2.15. The first-order valence-corrected chi connectivity index (χ1v) is 8.70. The number of hydrogen-bond donors (Lipinski definition) is 2. The van der Waals surface area contributed by atoms with Gasteiger partial charge in [-0.25, -0.2) is 0 Å². The number of benzene rings is 2. The lowest BCUT2D eigenvalue weighted by Gasteiger charge is -2.13. The van der Waals surface area contributed by atoms with E-state index in [9.17, 15) is 19.7 Å². The van der Waals surface area contributed by atoms with E-state index in [0.29, 0.717) is 5.56 Å². The molecule has 0 saturated heterocycles. The van der Waals surface area contributed by atoms with E-state index >= 15 is 0 Å². The van der Waals surface area contributed by atoms with Crippen LogP contribution >= 0.6 is 0 Å². The first kappa shape index (κ1) is 20.9. The molecule has 148 valence electrons. The second kappa shape index (κ2) is 8.98.